The van der Waals surface area contributed by atoms with E-state index in [0.717, 1.165) is 28.7 Å². The summed E-state index contributed by atoms with van der Waals surface area (Å²) in [6.45, 7) is 4.08. The van der Waals surface area contributed by atoms with Crippen molar-refractivity contribution in [3.05, 3.63) is 70.2 Å². The Bertz CT molecular complexity index is 759. The maximum absolute atomic E-state index is 11.6. The Balaban J connectivity index is 2.06. The smallest absolute Gasteiger partial charge is 0.251 e. The number of rotatable bonds is 6. The van der Waals surface area contributed by atoms with Crippen molar-refractivity contribution < 1.29 is 4.79 Å². The maximum Gasteiger partial charge on any atom is 0.251 e. The van der Waals surface area contributed by atoms with Crippen molar-refractivity contribution >= 4 is 23.5 Å². The van der Waals surface area contributed by atoms with Crippen LogP contribution < -0.4 is 10.6 Å². The fourth-order valence-corrected chi connectivity index (χ4v) is 2.74. The third kappa shape index (κ3) is 5.77. The highest BCUT2D eigenvalue weighted by Crippen LogP contribution is 2.12. The summed E-state index contributed by atoms with van der Waals surface area (Å²) in [5, 5.41) is 6.65. The van der Waals surface area contributed by atoms with Gasteiger partial charge < -0.3 is 15.5 Å². The topological polar surface area (TPSA) is 56.7 Å². The summed E-state index contributed by atoms with van der Waals surface area (Å²) in [6, 6.07) is 15.3. The predicted octanol–water partition coefficient (Wildman–Crippen LogP) is 3.30. The van der Waals surface area contributed by atoms with E-state index in [-0.39, 0.29) is 5.91 Å². The molecule has 0 aromatic heterocycles. The lowest BCUT2D eigenvalue weighted by Crippen LogP contribution is -2.38. The highest BCUT2D eigenvalue weighted by Gasteiger charge is 2.07. The second-order valence-electron chi connectivity index (χ2n) is 5.93. The van der Waals surface area contributed by atoms with Gasteiger partial charge in [0.1, 0.15) is 0 Å². The van der Waals surface area contributed by atoms with Crippen LogP contribution in [0.3, 0.4) is 0 Å². The van der Waals surface area contributed by atoms with Crippen LogP contribution in [-0.2, 0) is 13.1 Å². The second kappa shape index (κ2) is 9.82. The van der Waals surface area contributed by atoms with E-state index in [4.69, 9.17) is 16.6 Å². The largest absolute Gasteiger partial charge is 0.357 e. The molecule has 0 atom stereocenters. The molecule has 2 rings (SSSR count). The first-order valence-corrected chi connectivity index (χ1v) is 8.96. The van der Waals surface area contributed by atoms with Crippen LogP contribution in [0.25, 0.3) is 0 Å². The molecule has 0 bridgehead atoms. The molecule has 1 amide bonds. The van der Waals surface area contributed by atoms with Crippen molar-refractivity contribution in [1.29, 1.82) is 0 Å². The molecule has 0 aliphatic carbocycles. The second-order valence-corrected chi connectivity index (χ2v) is 6.37. The minimum atomic E-state index is -0.0883. The van der Waals surface area contributed by atoms with Gasteiger partial charge in [-0.25, -0.2) is 4.99 Å². The molecule has 0 aliphatic rings. The van der Waals surface area contributed by atoms with E-state index in [0.29, 0.717) is 18.7 Å². The van der Waals surface area contributed by atoms with E-state index < -0.39 is 0 Å². The molecule has 2 N–H and O–H groups in total. The molecular weight excluding hydrogens is 348 g/mol. The number of hydrogen-bond donors (Lipinski definition) is 2. The molecule has 0 fully saturated rings. The zero-order valence-electron chi connectivity index (χ0n) is 15.4. The van der Waals surface area contributed by atoms with Crippen LogP contribution in [0.2, 0.25) is 5.02 Å². The van der Waals surface area contributed by atoms with Gasteiger partial charge in [-0.2, -0.15) is 0 Å². The predicted molar refractivity (Wildman–Crippen MR) is 108 cm³/mol. The normalized spacial score (nSPS) is 11.2. The molecule has 2 aromatic carbocycles. The fourth-order valence-electron chi connectivity index (χ4n) is 2.53. The molecule has 2 aromatic rings. The van der Waals surface area contributed by atoms with Gasteiger partial charge in [0.15, 0.2) is 5.96 Å². The van der Waals surface area contributed by atoms with Crippen LogP contribution in [0.1, 0.15) is 28.4 Å². The van der Waals surface area contributed by atoms with Gasteiger partial charge in [0.25, 0.3) is 5.91 Å². The van der Waals surface area contributed by atoms with E-state index >= 15 is 0 Å². The van der Waals surface area contributed by atoms with Crippen LogP contribution >= 0.6 is 11.6 Å². The molecule has 138 valence electrons. The number of guanidine groups is 1. The van der Waals surface area contributed by atoms with Gasteiger partial charge in [0.05, 0.1) is 6.54 Å². The first-order valence-electron chi connectivity index (χ1n) is 8.58. The van der Waals surface area contributed by atoms with Crippen molar-refractivity contribution in [2.75, 3.05) is 20.6 Å². The van der Waals surface area contributed by atoms with E-state index in [1.54, 1.807) is 7.05 Å². The summed E-state index contributed by atoms with van der Waals surface area (Å²) < 4.78 is 0. The Hall–Kier alpha value is -2.53. The van der Waals surface area contributed by atoms with E-state index in [9.17, 15) is 4.79 Å². The van der Waals surface area contributed by atoms with E-state index in [2.05, 4.69) is 15.5 Å². The summed E-state index contributed by atoms with van der Waals surface area (Å²) in [5.74, 6) is 0.734. The van der Waals surface area contributed by atoms with Gasteiger partial charge in [-0.1, -0.05) is 35.9 Å². The van der Waals surface area contributed by atoms with Crippen molar-refractivity contribution in [3.8, 4) is 0 Å². The number of amides is 1. The van der Waals surface area contributed by atoms with Crippen LogP contribution in [-0.4, -0.2) is 37.4 Å². The molecule has 6 heteroatoms. The van der Waals surface area contributed by atoms with Crippen molar-refractivity contribution in [2.24, 2.45) is 4.99 Å². The highest BCUT2D eigenvalue weighted by molar-refractivity contribution is 6.30. The number of hydrogen-bond acceptors (Lipinski definition) is 2. The van der Waals surface area contributed by atoms with Gasteiger partial charge >= 0.3 is 0 Å². The number of nitrogens with one attached hydrogen (secondary N) is 2. The zero-order valence-corrected chi connectivity index (χ0v) is 16.2. The molecule has 26 heavy (non-hydrogen) atoms. The molecule has 0 spiro atoms. The minimum absolute atomic E-state index is 0.0883. The summed E-state index contributed by atoms with van der Waals surface area (Å²) in [5.41, 5.74) is 2.81. The summed E-state index contributed by atoms with van der Waals surface area (Å²) in [7, 11) is 3.62. The van der Waals surface area contributed by atoms with Crippen molar-refractivity contribution in [2.45, 2.75) is 20.0 Å². The Morgan fingerprint density at radius 2 is 1.88 bits per heavy atom. The Morgan fingerprint density at radius 1 is 1.15 bits per heavy atom. The maximum atomic E-state index is 11.6. The fraction of sp³-hybridized carbons (Fsp3) is 0.300. The van der Waals surface area contributed by atoms with E-state index in [1.165, 1.54) is 0 Å². The third-order valence-corrected chi connectivity index (χ3v) is 4.09. The lowest BCUT2D eigenvalue weighted by atomic mass is 10.1. The average molecular weight is 373 g/mol. The SMILES string of the molecule is CCNC(=NCc1ccc(C(=O)NC)cc1)N(C)Cc1cccc(Cl)c1. The monoisotopic (exact) mass is 372 g/mol. The number of halogens is 1. The summed E-state index contributed by atoms with van der Waals surface area (Å²) >= 11 is 6.06. The molecule has 0 saturated carbocycles. The van der Waals surface area contributed by atoms with Crippen molar-refractivity contribution in [1.82, 2.24) is 15.5 Å². The van der Waals surface area contributed by atoms with Gasteiger partial charge in [0.2, 0.25) is 0 Å². The molecule has 0 aliphatic heterocycles. The Kier molecular flexibility index (Phi) is 7.48. The van der Waals surface area contributed by atoms with E-state index in [1.807, 2.05) is 62.5 Å². The number of benzene rings is 2. The lowest BCUT2D eigenvalue weighted by Gasteiger charge is -2.22. The standard InChI is InChI=1S/C20H25ClN4O/c1-4-23-20(25(3)14-16-6-5-7-18(21)12-16)24-13-15-8-10-17(11-9-15)19(26)22-2/h5-12H,4,13-14H2,1-3H3,(H,22,26)(H,23,24). The third-order valence-electron chi connectivity index (χ3n) is 3.86. The number of aliphatic imine (C=N–C) groups is 1. The number of carbonyl (C=O) groups excluding carboxylic acids is 1. The number of carbonyl (C=O) groups is 1. The molecule has 0 unspecified atom stereocenters. The molecule has 0 radical (unpaired) electrons. The highest BCUT2D eigenvalue weighted by atomic mass is 35.5. The number of nitrogens with zero attached hydrogens (tertiary/aromatic N) is 2. The molecule has 5 nitrogen and oxygen atoms in total. The zero-order chi connectivity index (χ0) is 18.9. The van der Waals surface area contributed by atoms with Gasteiger partial charge in [-0.05, 0) is 42.3 Å². The van der Waals surface area contributed by atoms with Crippen LogP contribution in [0.15, 0.2) is 53.5 Å². The van der Waals surface area contributed by atoms with Crippen molar-refractivity contribution in [3.63, 3.8) is 0 Å². The van der Waals surface area contributed by atoms with Gasteiger partial charge in [0, 0.05) is 37.8 Å². The van der Waals surface area contributed by atoms with Gasteiger partial charge in [-0.15, -0.1) is 0 Å². The Labute approximate surface area is 160 Å². The molecular formula is C20H25ClN4O. The minimum Gasteiger partial charge on any atom is -0.357 e. The van der Waals surface area contributed by atoms with Gasteiger partial charge in [-0.3, -0.25) is 4.79 Å². The first-order chi connectivity index (χ1) is 12.5. The first kappa shape index (κ1) is 19.8. The quantitative estimate of drug-likeness (QED) is 0.604. The van der Waals surface area contributed by atoms with Crippen LogP contribution in [0, 0.1) is 0 Å². The lowest BCUT2D eigenvalue weighted by molar-refractivity contribution is 0.0963. The summed E-state index contributed by atoms with van der Waals surface area (Å²) in [6.07, 6.45) is 0. The summed E-state index contributed by atoms with van der Waals surface area (Å²) in [4.78, 5) is 18.4. The average Bonchev–Trinajstić information content (AvgIpc) is 2.64. The Morgan fingerprint density at radius 3 is 2.50 bits per heavy atom. The van der Waals surface area contributed by atoms with Crippen LogP contribution in [0.5, 0.6) is 0 Å². The van der Waals surface area contributed by atoms with Crippen LogP contribution in [0.4, 0.5) is 0 Å². The molecule has 0 saturated heterocycles. The molecule has 0 heterocycles.